The molecule has 0 radical (unpaired) electrons. The Bertz CT molecular complexity index is 1470. The number of hydrogen-bond donors (Lipinski definition) is 1. The van der Waals surface area contributed by atoms with Crippen LogP contribution in [0, 0.1) is 10.1 Å². The van der Waals surface area contributed by atoms with E-state index in [1.807, 2.05) is 0 Å². The van der Waals surface area contributed by atoms with Crippen LogP contribution in [0.3, 0.4) is 0 Å². The lowest BCUT2D eigenvalue weighted by atomic mass is 9.86. The number of para-hydroxylation sites is 1. The average Bonchev–Trinajstić information content (AvgIpc) is 2.83. The van der Waals surface area contributed by atoms with Crippen molar-refractivity contribution in [3.63, 3.8) is 0 Å². The van der Waals surface area contributed by atoms with Gasteiger partial charge in [0.25, 0.3) is 5.69 Å². The molecule has 1 N–H and O–H groups in total. The molecule has 0 fully saturated rings. The molecular weight excluding hydrogens is 458 g/mol. The summed E-state index contributed by atoms with van der Waals surface area (Å²) in [5.74, 6) is -1.40. The first-order valence-electron chi connectivity index (χ1n) is 10.3. The lowest BCUT2D eigenvalue weighted by molar-refractivity contribution is -0.384. The van der Waals surface area contributed by atoms with Crippen molar-refractivity contribution in [1.82, 2.24) is 0 Å². The fraction of sp³-hybridized carbons (Fsp3) is 0.0769. The van der Waals surface area contributed by atoms with Crippen molar-refractivity contribution in [2.45, 2.75) is 12.3 Å². The predicted molar refractivity (Wildman–Crippen MR) is 129 cm³/mol. The Morgan fingerprint density at radius 1 is 1.09 bits per heavy atom. The van der Waals surface area contributed by atoms with Crippen LogP contribution in [0.25, 0.3) is 17.0 Å². The first kappa shape index (κ1) is 22.9. The number of nitrogens with zero attached hydrogens (tertiary/aromatic N) is 1. The number of halogens is 1. The van der Waals surface area contributed by atoms with Gasteiger partial charge in [-0.3, -0.25) is 14.9 Å². The summed E-state index contributed by atoms with van der Waals surface area (Å²) in [6.07, 6.45) is 2.61. The largest absolute Gasteiger partial charge is 0.507 e. The zero-order valence-corrected chi connectivity index (χ0v) is 18.4. The molecule has 7 nitrogen and oxygen atoms in total. The van der Waals surface area contributed by atoms with Crippen LogP contribution in [0.15, 0.2) is 88.1 Å². The minimum absolute atomic E-state index is 0.0295. The second-order valence-electron chi connectivity index (χ2n) is 7.61. The number of carbonyl (C=O) groups excluding carboxylic acids is 1. The molecule has 170 valence electrons. The maximum Gasteiger partial charge on any atom is 0.343 e. The van der Waals surface area contributed by atoms with Gasteiger partial charge in [0.05, 0.1) is 15.9 Å². The SMILES string of the molecule is O=C(/C=C/c1cccc([N+](=O)[O-])c1)CC(c1ccc(Cl)cc1)c1c(O)c2ccccc2oc1=O. The minimum atomic E-state index is -0.805. The molecule has 1 unspecified atom stereocenters. The smallest absolute Gasteiger partial charge is 0.343 e. The van der Waals surface area contributed by atoms with Crippen LogP contribution in [-0.4, -0.2) is 15.8 Å². The molecule has 0 saturated heterocycles. The summed E-state index contributed by atoms with van der Waals surface area (Å²) < 4.78 is 5.41. The van der Waals surface area contributed by atoms with Crippen LogP contribution in [0.1, 0.15) is 29.0 Å². The highest BCUT2D eigenvalue weighted by Gasteiger charge is 2.26. The molecule has 1 atom stereocenters. The Hall–Kier alpha value is -4.23. The van der Waals surface area contributed by atoms with Crippen molar-refractivity contribution in [2.24, 2.45) is 0 Å². The summed E-state index contributed by atoms with van der Waals surface area (Å²) in [7, 11) is 0. The number of nitro benzene ring substituents is 1. The van der Waals surface area contributed by atoms with Gasteiger partial charge in [0.2, 0.25) is 0 Å². The highest BCUT2D eigenvalue weighted by Crippen LogP contribution is 2.36. The van der Waals surface area contributed by atoms with E-state index in [-0.39, 0.29) is 34.8 Å². The van der Waals surface area contributed by atoms with Crippen LogP contribution in [0.2, 0.25) is 5.02 Å². The maximum atomic E-state index is 12.9. The number of hydrogen-bond acceptors (Lipinski definition) is 6. The second kappa shape index (κ2) is 9.72. The van der Waals surface area contributed by atoms with Crippen molar-refractivity contribution in [1.29, 1.82) is 0 Å². The molecule has 0 amide bonds. The highest BCUT2D eigenvalue weighted by molar-refractivity contribution is 6.30. The van der Waals surface area contributed by atoms with E-state index in [0.717, 1.165) is 0 Å². The van der Waals surface area contributed by atoms with E-state index in [1.54, 1.807) is 54.6 Å². The molecule has 0 bridgehead atoms. The average molecular weight is 476 g/mol. The van der Waals surface area contributed by atoms with Crippen LogP contribution in [0.4, 0.5) is 5.69 Å². The Kier molecular flexibility index (Phi) is 6.56. The van der Waals surface area contributed by atoms with Crippen molar-refractivity contribution < 1.29 is 19.2 Å². The van der Waals surface area contributed by atoms with Gasteiger partial charge in [0, 0.05) is 29.5 Å². The number of non-ortho nitro benzene ring substituents is 1. The monoisotopic (exact) mass is 475 g/mol. The van der Waals surface area contributed by atoms with Gasteiger partial charge in [-0.1, -0.05) is 54.1 Å². The van der Waals surface area contributed by atoms with Gasteiger partial charge >= 0.3 is 5.63 Å². The summed E-state index contributed by atoms with van der Waals surface area (Å²) in [4.78, 5) is 36.2. The molecule has 0 aliphatic heterocycles. The number of ketones is 1. The van der Waals surface area contributed by atoms with E-state index >= 15 is 0 Å². The summed E-state index contributed by atoms with van der Waals surface area (Å²) in [5.41, 5.74) is 0.454. The number of nitro groups is 1. The van der Waals surface area contributed by atoms with E-state index in [4.69, 9.17) is 16.0 Å². The first-order chi connectivity index (χ1) is 16.3. The number of carbonyl (C=O) groups is 1. The topological polar surface area (TPSA) is 111 Å². The van der Waals surface area contributed by atoms with Crippen molar-refractivity contribution >= 4 is 40.1 Å². The van der Waals surface area contributed by atoms with Crippen LogP contribution in [0.5, 0.6) is 5.75 Å². The van der Waals surface area contributed by atoms with E-state index in [0.29, 0.717) is 21.5 Å². The number of allylic oxidation sites excluding steroid dienone is 1. The Balaban J connectivity index is 1.72. The zero-order chi connectivity index (χ0) is 24.2. The van der Waals surface area contributed by atoms with Crippen molar-refractivity contribution in [3.8, 4) is 5.75 Å². The fourth-order valence-corrected chi connectivity index (χ4v) is 3.86. The molecule has 0 aliphatic rings. The number of benzene rings is 3. The Morgan fingerprint density at radius 2 is 1.82 bits per heavy atom. The third-order valence-corrected chi connectivity index (χ3v) is 5.64. The zero-order valence-electron chi connectivity index (χ0n) is 17.7. The number of rotatable bonds is 7. The molecule has 3 aromatic carbocycles. The van der Waals surface area contributed by atoms with Gasteiger partial charge in [0.1, 0.15) is 11.3 Å². The van der Waals surface area contributed by atoms with E-state index < -0.39 is 16.5 Å². The van der Waals surface area contributed by atoms with Gasteiger partial charge in [0.15, 0.2) is 5.78 Å². The molecule has 1 aromatic heterocycles. The molecule has 0 spiro atoms. The Morgan fingerprint density at radius 3 is 2.56 bits per heavy atom. The van der Waals surface area contributed by atoms with Gasteiger partial charge in [-0.2, -0.15) is 0 Å². The second-order valence-corrected chi connectivity index (χ2v) is 8.04. The molecule has 4 rings (SSSR count). The van der Waals surface area contributed by atoms with Crippen LogP contribution in [-0.2, 0) is 4.79 Å². The minimum Gasteiger partial charge on any atom is -0.507 e. The third-order valence-electron chi connectivity index (χ3n) is 5.39. The number of fused-ring (bicyclic) bond motifs is 1. The predicted octanol–water partition coefficient (Wildman–Crippen LogP) is 5.86. The third kappa shape index (κ3) is 4.89. The summed E-state index contributed by atoms with van der Waals surface area (Å²) in [5, 5.41) is 22.8. The summed E-state index contributed by atoms with van der Waals surface area (Å²) in [6, 6.07) is 19.1. The number of aromatic hydroxyl groups is 1. The lowest BCUT2D eigenvalue weighted by Crippen LogP contribution is -2.17. The first-order valence-corrected chi connectivity index (χ1v) is 10.7. The van der Waals surface area contributed by atoms with Gasteiger partial charge in [-0.05, 0) is 41.5 Å². The molecule has 4 aromatic rings. The van der Waals surface area contributed by atoms with Gasteiger partial charge in [-0.15, -0.1) is 0 Å². The quantitative estimate of drug-likeness (QED) is 0.155. The highest BCUT2D eigenvalue weighted by atomic mass is 35.5. The molecule has 1 heterocycles. The molecule has 34 heavy (non-hydrogen) atoms. The molecular formula is C26H18ClNO6. The van der Waals surface area contributed by atoms with Crippen LogP contribution < -0.4 is 5.63 Å². The molecule has 0 aliphatic carbocycles. The van der Waals surface area contributed by atoms with Crippen LogP contribution >= 0.6 is 11.6 Å². The normalized spacial score (nSPS) is 12.1. The Labute approximate surface area is 198 Å². The summed E-state index contributed by atoms with van der Waals surface area (Å²) in [6.45, 7) is 0. The van der Waals surface area contributed by atoms with Gasteiger partial charge < -0.3 is 9.52 Å². The van der Waals surface area contributed by atoms with Gasteiger partial charge in [-0.25, -0.2) is 4.79 Å². The fourth-order valence-electron chi connectivity index (χ4n) is 3.74. The van der Waals surface area contributed by atoms with E-state index in [9.17, 15) is 24.8 Å². The molecule has 8 heteroatoms. The van der Waals surface area contributed by atoms with Crippen molar-refractivity contribution in [2.75, 3.05) is 0 Å². The molecule has 0 saturated carbocycles. The maximum absolute atomic E-state index is 12.9. The lowest BCUT2D eigenvalue weighted by Gasteiger charge is -2.17. The van der Waals surface area contributed by atoms with E-state index in [2.05, 4.69) is 0 Å². The summed E-state index contributed by atoms with van der Waals surface area (Å²) >= 11 is 6.01. The van der Waals surface area contributed by atoms with Crippen molar-refractivity contribution in [3.05, 3.63) is 121 Å². The van der Waals surface area contributed by atoms with E-state index in [1.165, 1.54) is 30.4 Å². The standard InChI is InChI=1S/C26H18ClNO6/c27-18-11-9-17(10-12-18)22(24-25(30)21-6-1-2-7-23(21)34-26(24)31)15-20(29)13-8-16-4-3-5-19(14-16)28(32)33/h1-14,22,30H,15H2/b13-8+.